The number of hydrogen-bond acceptors (Lipinski definition) is 4. The number of halogens is 1. The molecule has 1 saturated carbocycles. The topological polar surface area (TPSA) is 57.0 Å². The summed E-state index contributed by atoms with van der Waals surface area (Å²) in [4.78, 5) is 16.2. The third-order valence-corrected chi connectivity index (χ3v) is 3.65. The molecule has 5 nitrogen and oxygen atoms in total. The van der Waals surface area contributed by atoms with Gasteiger partial charge in [-0.3, -0.25) is 4.68 Å². The number of carbonyl (C=O) groups is 1. The summed E-state index contributed by atoms with van der Waals surface area (Å²) in [5, 5.41) is 4.52. The zero-order valence-electron chi connectivity index (χ0n) is 11.3. The molecule has 2 heterocycles. The maximum absolute atomic E-state index is 11.8. The van der Waals surface area contributed by atoms with E-state index in [1.165, 1.54) is 20.0 Å². The third kappa shape index (κ3) is 2.29. The van der Waals surface area contributed by atoms with Gasteiger partial charge >= 0.3 is 5.97 Å². The highest BCUT2D eigenvalue weighted by atomic mass is 35.5. The summed E-state index contributed by atoms with van der Waals surface area (Å²) in [7, 11) is 3.08. The second kappa shape index (κ2) is 4.90. The van der Waals surface area contributed by atoms with Gasteiger partial charge in [-0.25, -0.2) is 9.78 Å². The van der Waals surface area contributed by atoms with Crippen molar-refractivity contribution in [3.63, 3.8) is 0 Å². The van der Waals surface area contributed by atoms with Crippen LogP contribution in [0.4, 0.5) is 0 Å². The third-order valence-electron chi connectivity index (χ3n) is 3.36. The molecule has 0 N–H and O–H groups in total. The van der Waals surface area contributed by atoms with E-state index < -0.39 is 5.97 Å². The number of aryl methyl sites for hydroxylation is 1. The van der Waals surface area contributed by atoms with Gasteiger partial charge in [0, 0.05) is 36.0 Å². The molecule has 0 aliphatic heterocycles. The second-order valence-electron chi connectivity index (χ2n) is 4.91. The van der Waals surface area contributed by atoms with Gasteiger partial charge in [0.1, 0.15) is 5.15 Å². The molecular formula is C14H14ClN3O2. The Labute approximate surface area is 121 Å². The molecule has 0 radical (unpaired) electrons. The fourth-order valence-corrected chi connectivity index (χ4v) is 2.45. The van der Waals surface area contributed by atoms with E-state index in [9.17, 15) is 4.79 Å². The summed E-state index contributed by atoms with van der Waals surface area (Å²) < 4.78 is 6.31. The Hall–Kier alpha value is -1.88. The normalized spacial score (nSPS) is 14.3. The highest BCUT2D eigenvalue weighted by molar-refractivity contribution is 6.32. The lowest BCUT2D eigenvalue weighted by Crippen LogP contribution is -2.05. The summed E-state index contributed by atoms with van der Waals surface area (Å²) in [5.74, 6) is 0.0541. The van der Waals surface area contributed by atoms with Gasteiger partial charge < -0.3 is 4.74 Å². The van der Waals surface area contributed by atoms with E-state index in [0.29, 0.717) is 22.2 Å². The standard InChI is InChI=1S/C14H14ClN3O2/c1-18-7-10(12(17-18)14(19)20-2)9-5-6-11(8-3-4-8)16-13(9)15/h5-8H,3-4H2,1-2H3. The number of aromatic nitrogens is 3. The Balaban J connectivity index is 2.06. The number of rotatable bonds is 3. The lowest BCUT2D eigenvalue weighted by molar-refractivity contribution is 0.0594. The fourth-order valence-electron chi connectivity index (χ4n) is 2.19. The Bertz CT molecular complexity index is 677. The van der Waals surface area contributed by atoms with Gasteiger partial charge in [0.2, 0.25) is 0 Å². The van der Waals surface area contributed by atoms with Crippen molar-refractivity contribution in [2.75, 3.05) is 7.11 Å². The smallest absolute Gasteiger partial charge is 0.359 e. The molecule has 0 saturated heterocycles. The number of esters is 1. The SMILES string of the molecule is COC(=O)c1nn(C)cc1-c1ccc(C2CC2)nc1Cl. The lowest BCUT2D eigenvalue weighted by Gasteiger charge is -2.05. The van der Waals surface area contributed by atoms with E-state index >= 15 is 0 Å². The van der Waals surface area contributed by atoms with E-state index in [4.69, 9.17) is 16.3 Å². The van der Waals surface area contributed by atoms with Crippen LogP contribution in [0, 0.1) is 0 Å². The van der Waals surface area contributed by atoms with E-state index in [1.54, 1.807) is 17.9 Å². The maximum atomic E-state index is 11.8. The van der Waals surface area contributed by atoms with Gasteiger partial charge in [0.05, 0.1) is 7.11 Å². The predicted octanol–water partition coefficient (Wildman–Crippen LogP) is 2.80. The van der Waals surface area contributed by atoms with Crippen LogP contribution in [0.15, 0.2) is 18.3 Å². The molecule has 0 atom stereocenters. The maximum Gasteiger partial charge on any atom is 0.359 e. The zero-order valence-corrected chi connectivity index (χ0v) is 12.0. The van der Waals surface area contributed by atoms with Gasteiger partial charge in [0.25, 0.3) is 0 Å². The quantitative estimate of drug-likeness (QED) is 0.644. The van der Waals surface area contributed by atoms with Gasteiger partial charge in [-0.15, -0.1) is 0 Å². The van der Waals surface area contributed by atoms with Crippen LogP contribution in [0.5, 0.6) is 0 Å². The Morgan fingerprint density at radius 2 is 2.15 bits per heavy atom. The molecular weight excluding hydrogens is 278 g/mol. The van der Waals surface area contributed by atoms with Crippen LogP contribution in [-0.2, 0) is 11.8 Å². The van der Waals surface area contributed by atoms with Crippen LogP contribution in [0.1, 0.15) is 34.9 Å². The molecule has 104 valence electrons. The van der Waals surface area contributed by atoms with Crippen LogP contribution >= 0.6 is 11.6 Å². The molecule has 1 aliphatic carbocycles. The molecule has 0 bridgehead atoms. The molecule has 3 rings (SSSR count). The molecule has 0 amide bonds. The Kier molecular flexibility index (Phi) is 3.22. The van der Waals surface area contributed by atoms with Crippen molar-refractivity contribution in [3.05, 3.63) is 34.9 Å². The van der Waals surface area contributed by atoms with Crippen molar-refractivity contribution in [1.82, 2.24) is 14.8 Å². The minimum atomic E-state index is -0.483. The minimum Gasteiger partial charge on any atom is -0.464 e. The molecule has 20 heavy (non-hydrogen) atoms. The summed E-state index contributed by atoms with van der Waals surface area (Å²) >= 11 is 6.26. The van der Waals surface area contributed by atoms with Gasteiger partial charge in [-0.1, -0.05) is 11.6 Å². The fraction of sp³-hybridized carbons (Fsp3) is 0.357. The Morgan fingerprint density at radius 3 is 2.75 bits per heavy atom. The minimum absolute atomic E-state index is 0.248. The van der Waals surface area contributed by atoms with Crippen molar-refractivity contribution < 1.29 is 9.53 Å². The number of nitrogens with zero attached hydrogens (tertiary/aromatic N) is 3. The molecule has 0 aromatic carbocycles. The summed E-state index contributed by atoms with van der Waals surface area (Å²) in [6.45, 7) is 0. The monoisotopic (exact) mass is 291 g/mol. The zero-order chi connectivity index (χ0) is 14.3. The Morgan fingerprint density at radius 1 is 1.40 bits per heavy atom. The van der Waals surface area contributed by atoms with Crippen LogP contribution in [-0.4, -0.2) is 27.8 Å². The highest BCUT2D eigenvalue weighted by Crippen LogP contribution is 2.40. The molecule has 0 spiro atoms. The van der Waals surface area contributed by atoms with Crippen molar-refractivity contribution >= 4 is 17.6 Å². The van der Waals surface area contributed by atoms with Gasteiger partial charge in [-0.05, 0) is 25.0 Å². The lowest BCUT2D eigenvalue weighted by atomic mass is 10.1. The highest BCUT2D eigenvalue weighted by Gasteiger charge is 2.26. The average Bonchev–Trinajstić information content (AvgIpc) is 3.21. The van der Waals surface area contributed by atoms with Crippen molar-refractivity contribution in [3.8, 4) is 11.1 Å². The summed E-state index contributed by atoms with van der Waals surface area (Å²) in [6, 6.07) is 3.86. The van der Waals surface area contributed by atoms with E-state index in [-0.39, 0.29) is 5.69 Å². The van der Waals surface area contributed by atoms with Crippen LogP contribution in [0.3, 0.4) is 0 Å². The molecule has 6 heteroatoms. The van der Waals surface area contributed by atoms with Crippen LogP contribution in [0.2, 0.25) is 5.15 Å². The molecule has 2 aromatic heterocycles. The molecule has 1 fully saturated rings. The average molecular weight is 292 g/mol. The number of pyridine rings is 1. The summed E-state index contributed by atoms with van der Waals surface area (Å²) in [5.41, 5.74) is 2.60. The molecule has 2 aromatic rings. The van der Waals surface area contributed by atoms with E-state index in [2.05, 4.69) is 10.1 Å². The van der Waals surface area contributed by atoms with Crippen molar-refractivity contribution in [1.29, 1.82) is 0 Å². The van der Waals surface area contributed by atoms with Crippen LogP contribution in [0.25, 0.3) is 11.1 Å². The second-order valence-corrected chi connectivity index (χ2v) is 5.26. The number of hydrogen-bond donors (Lipinski definition) is 0. The first-order valence-corrected chi connectivity index (χ1v) is 6.76. The van der Waals surface area contributed by atoms with E-state index in [0.717, 1.165) is 5.69 Å². The number of carbonyl (C=O) groups excluding carboxylic acids is 1. The first kappa shape index (κ1) is 13.1. The first-order valence-electron chi connectivity index (χ1n) is 6.39. The van der Waals surface area contributed by atoms with Crippen molar-refractivity contribution in [2.24, 2.45) is 7.05 Å². The molecule has 1 aliphatic rings. The molecule has 0 unspecified atom stereocenters. The first-order chi connectivity index (χ1) is 9.60. The van der Waals surface area contributed by atoms with Crippen molar-refractivity contribution in [2.45, 2.75) is 18.8 Å². The van der Waals surface area contributed by atoms with Crippen LogP contribution < -0.4 is 0 Å². The summed E-state index contributed by atoms with van der Waals surface area (Å²) in [6.07, 6.45) is 4.08. The largest absolute Gasteiger partial charge is 0.464 e. The number of ether oxygens (including phenoxy) is 1. The van der Waals surface area contributed by atoms with Gasteiger partial charge in [-0.2, -0.15) is 5.10 Å². The van der Waals surface area contributed by atoms with Gasteiger partial charge in [0.15, 0.2) is 5.69 Å². The van der Waals surface area contributed by atoms with E-state index in [1.807, 2.05) is 12.1 Å². The predicted molar refractivity (Wildman–Crippen MR) is 74.8 cm³/mol. The number of methoxy groups -OCH3 is 1.